The first kappa shape index (κ1) is 16.4. The zero-order valence-corrected chi connectivity index (χ0v) is 13.7. The van der Waals surface area contributed by atoms with Gasteiger partial charge in [0, 0.05) is 30.0 Å². The Hall–Kier alpha value is -0.640. The van der Waals surface area contributed by atoms with Gasteiger partial charge in [-0.25, -0.2) is 16.8 Å². The molecule has 0 unspecified atom stereocenters. The molecule has 0 saturated heterocycles. The fraction of sp³-hybridized carbons (Fsp3) is 0.400. The van der Waals surface area contributed by atoms with Crippen molar-refractivity contribution in [3.63, 3.8) is 0 Å². The van der Waals surface area contributed by atoms with E-state index in [1.807, 2.05) is 0 Å². The van der Waals surface area contributed by atoms with Crippen LogP contribution in [0.15, 0.2) is 27.6 Å². The van der Waals surface area contributed by atoms with Crippen molar-refractivity contribution in [1.82, 2.24) is 4.31 Å². The summed E-state index contributed by atoms with van der Waals surface area (Å²) < 4.78 is 48.1. The average Bonchev–Trinajstić information content (AvgIpc) is 2.28. The Bertz CT molecular complexity index is 671. The van der Waals surface area contributed by atoms with Gasteiger partial charge in [0.25, 0.3) is 0 Å². The maximum Gasteiger partial charge on any atom is 0.244 e. The van der Waals surface area contributed by atoms with Crippen molar-refractivity contribution >= 4 is 41.5 Å². The number of nitrogens with zero attached hydrogens (tertiary/aromatic N) is 1. The number of sulfonamides is 1. The van der Waals surface area contributed by atoms with Gasteiger partial charge in [-0.15, -0.1) is 0 Å². The van der Waals surface area contributed by atoms with Crippen molar-refractivity contribution in [2.75, 3.05) is 31.3 Å². The molecule has 19 heavy (non-hydrogen) atoms. The summed E-state index contributed by atoms with van der Waals surface area (Å²) in [5.74, 6) is -0.233. The predicted molar refractivity (Wildman–Crippen MR) is 78.1 cm³/mol. The van der Waals surface area contributed by atoms with Crippen molar-refractivity contribution < 1.29 is 16.8 Å². The van der Waals surface area contributed by atoms with Crippen LogP contribution in [0.25, 0.3) is 0 Å². The van der Waals surface area contributed by atoms with E-state index in [9.17, 15) is 16.8 Å². The van der Waals surface area contributed by atoms with E-state index < -0.39 is 19.9 Å². The van der Waals surface area contributed by atoms with E-state index in [4.69, 9.17) is 5.73 Å². The molecule has 0 aliphatic heterocycles. The summed E-state index contributed by atoms with van der Waals surface area (Å²) in [7, 11) is -5.67. The fourth-order valence-electron chi connectivity index (χ4n) is 1.30. The molecule has 0 aromatic heterocycles. The lowest BCUT2D eigenvalue weighted by Gasteiger charge is -2.17. The van der Waals surface area contributed by atoms with Crippen LogP contribution >= 0.6 is 15.9 Å². The van der Waals surface area contributed by atoms with Crippen molar-refractivity contribution in [3.05, 3.63) is 22.7 Å². The third kappa shape index (κ3) is 4.44. The molecule has 1 aromatic carbocycles. The number of rotatable bonds is 5. The van der Waals surface area contributed by atoms with E-state index in [1.165, 1.54) is 19.2 Å². The van der Waals surface area contributed by atoms with E-state index in [2.05, 4.69) is 15.9 Å². The highest BCUT2D eigenvalue weighted by molar-refractivity contribution is 9.10. The maximum atomic E-state index is 12.3. The monoisotopic (exact) mass is 370 g/mol. The normalized spacial score (nSPS) is 12.8. The van der Waals surface area contributed by atoms with Gasteiger partial charge in [0.1, 0.15) is 9.84 Å². The zero-order valence-electron chi connectivity index (χ0n) is 10.5. The second-order valence-corrected chi connectivity index (χ2v) is 9.27. The summed E-state index contributed by atoms with van der Waals surface area (Å²) in [5.41, 5.74) is 5.89. The van der Waals surface area contributed by atoms with Crippen LogP contribution in [0.1, 0.15) is 0 Å². The molecule has 108 valence electrons. The van der Waals surface area contributed by atoms with Crippen LogP contribution < -0.4 is 5.73 Å². The van der Waals surface area contributed by atoms with Gasteiger partial charge < -0.3 is 5.73 Å². The molecule has 0 atom stereocenters. The second kappa shape index (κ2) is 5.78. The molecule has 0 heterocycles. The Morgan fingerprint density at radius 3 is 2.37 bits per heavy atom. The number of hydrogen-bond donors (Lipinski definition) is 1. The topological polar surface area (TPSA) is 97.5 Å². The first-order chi connectivity index (χ1) is 8.54. The van der Waals surface area contributed by atoms with Crippen molar-refractivity contribution in [1.29, 1.82) is 0 Å². The van der Waals surface area contributed by atoms with E-state index in [0.717, 1.165) is 10.6 Å². The summed E-state index contributed by atoms with van der Waals surface area (Å²) >= 11 is 3.15. The number of halogens is 1. The Balaban J connectivity index is 3.07. The number of nitrogen functional groups attached to an aromatic ring is 1. The Labute approximate surface area is 121 Å². The lowest BCUT2D eigenvalue weighted by Crippen LogP contribution is -2.31. The van der Waals surface area contributed by atoms with Crippen LogP contribution in [0.2, 0.25) is 0 Å². The lowest BCUT2D eigenvalue weighted by molar-refractivity contribution is 0.484. The van der Waals surface area contributed by atoms with Gasteiger partial charge in [-0.2, -0.15) is 4.31 Å². The molecular formula is C10H15BrN2O4S2. The number of anilines is 1. The highest BCUT2D eigenvalue weighted by Crippen LogP contribution is 2.26. The molecule has 6 nitrogen and oxygen atoms in total. The number of benzene rings is 1. The molecule has 0 aliphatic carbocycles. The Morgan fingerprint density at radius 2 is 1.84 bits per heavy atom. The third-order valence-electron chi connectivity index (χ3n) is 2.42. The summed E-state index contributed by atoms with van der Waals surface area (Å²) in [4.78, 5) is 0.0171. The van der Waals surface area contributed by atoms with Crippen LogP contribution in [0.5, 0.6) is 0 Å². The molecule has 1 aromatic rings. The second-order valence-electron chi connectivity index (χ2n) is 4.15. The van der Waals surface area contributed by atoms with Crippen LogP contribution in [0.3, 0.4) is 0 Å². The highest BCUT2D eigenvalue weighted by atomic mass is 79.9. The number of sulfone groups is 1. The van der Waals surface area contributed by atoms with Gasteiger partial charge in [-0.1, -0.05) is 0 Å². The number of nitrogens with two attached hydrogens (primary N) is 1. The molecule has 0 saturated carbocycles. The van der Waals surface area contributed by atoms with Gasteiger partial charge in [-0.3, -0.25) is 0 Å². The van der Waals surface area contributed by atoms with E-state index in [1.54, 1.807) is 6.07 Å². The SMILES string of the molecule is CN(CCS(C)(=O)=O)S(=O)(=O)c1cc(N)ccc1Br. The number of hydrogen-bond acceptors (Lipinski definition) is 5. The molecule has 0 amide bonds. The molecule has 0 fully saturated rings. The Kier molecular flexibility index (Phi) is 4.99. The van der Waals surface area contributed by atoms with Crippen molar-refractivity contribution in [3.8, 4) is 0 Å². The molecule has 0 bridgehead atoms. The van der Waals surface area contributed by atoms with Gasteiger partial charge in [0.15, 0.2) is 0 Å². The molecule has 1 rings (SSSR count). The maximum absolute atomic E-state index is 12.3. The first-order valence-corrected chi connectivity index (χ1v) is 9.52. The van der Waals surface area contributed by atoms with Crippen molar-refractivity contribution in [2.24, 2.45) is 0 Å². The van der Waals surface area contributed by atoms with Gasteiger partial charge in [0.2, 0.25) is 10.0 Å². The van der Waals surface area contributed by atoms with Gasteiger partial charge in [-0.05, 0) is 34.1 Å². The largest absolute Gasteiger partial charge is 0.399 e. The quantitative estimate of drug-likeness (QED) is 0.769. The predicted octanol–water partition coefficient (Wildman–Crippen LogP) is 0.696. The zero-order chi connectivity index (χ0) is 14.8. The smallest absolute Gasteiger partial charge is 0.244 e. The van der Waals surface area contributed by atoms with Crippen molar-refractivity contribution in [2.45, 2.75) is 4.90 Å². The van der Waals surface area contributed by atoms with E-state index in [0.29, 0.717) is 10.2 Å². The minimum Gasteiger partial charge on any atom is -0.399 e. The van der Waals surface area contributed by atoms with Gasteiger partial charge in [0.05, 0.1) is 10.6 Å². The Morgan fingerprint density at radius 1 is 1.26 bits per heavy atom. The van der Waals surface area contributed by atoms with Gasteiger partial charge >= 0.3 is 0 Å². The van der Waals surface area contributed by atoms with E-state index in [-0.39, 0.29) is 17.2 Å². The molecule has 0 radical (unpaired) electrons. The van der Waals surface area contributed by atoms with Crippen LogP contribution in [0, 0.1) is 0 Å². The van der Waals surface area contributed by atoms with E-state index >= 15 is 0 Å². The average molecular weight is 371 g/mol. The standard InChI is InChI=1S/C10H15BrN2O4S2/c1-13(5-6-18(2,14)15)19(16,17)10-7-8(12)3-4-9(10)11/h3-4,7H,5-6,12H2,1-2H3. The highest BCUT2D eigenvalue weighted by Gasteiger charge is 2.24. The lowest BCUT2D eigenvalue weighted by atomic mass is 10.3. The minimum absolute atomic E-state index is 0.0171. The molecule has 0 spiro atoms. The summed E-state index contributed by atoms with van der Waals surface area (Å²) in [6, 6.07) is 4.43. The third-order valence-corrected chi connectivity index (χ3v) is 6.20. The van der Waals surface area contributed by atoms with Crippen LogP contribution in [0.4, 0.5) is 5.69 Å². The summed E-state index contributed by atoms with van der Waals surface area (Å²) in [6.07, 6.45) is 1.06. The molecular weight excluding hydrogens is 356 g/mol. The summed E-state index contributed by atoms with van der Waals surface area (Å²) in [6.45, 7) is -0.109. The van der Waals surface area contributed by atoms with Crippen LogP contribution in [-0.4, -0.2) is 46.7 Å². The summed E-state index contributed by atoms with van der Waals surface area (Å²) in [5, 5.41) is 0. The molecule has 2 N–H and O–H groups in total. The molecule has 0 aliphatic rings. The first-order valence-electron chi connectivity index (χ1n) is 5.23. The van der Waals surface area contributed by atoms with Crippen LogP contribution in [-0.2, 0) is 19.9 Å². The minimum atomic E-state index is -3.77. The fourth-order valence-corrected chi connectivity index (χ4v) is 4.15. The molecule has 9 heteroatoms.